The zero-order valence-corrected chi connectivity index (χ0v) is 19.3. The molecule has 33 heavy (non-hydrogen) atoms. The van der Waals surface area contributed by atoms with Crippen molar-refractivity contribution in [1.82, 2.24) is 10.6 Å². The zero-order valence-electron chi connectivity index (χ0n) is 19.3. The maximum absolute atomic E-state index is 12.7. The fourth-order valence-electron chi connectivity index (χ4n) is 4.21. The molecule has 0 radical (unpaired) electrons. The van der Waals surface area contributed by atoms with E-state index in [9.17, 15) is 19.5 Å². The summed E-state index contributed by atoms with van der Waals surface area (Å²) >= 11 is 0. The second-order valence-electron chi connectivity index (χ2n) is 8.52. The summed E-state index contributed by atoms with van der Waals surface area (Å²) in [5.74, 6) is -2.24. The molecule has 0 heterocycles. The predicted octanol–water partition coefficient (Wildman–Crippen LogP) is 4.17. The minimum Gasteiger partial charge on any atom is -0.481 e. The van der Waals surface area contributed by atoms with Gasteiger partial charge in [0.2, 0.25) is 5.91 Å². The Kier molecular flexibility index (Phi) is 8.09. The van der Waals surface area contributed by atoms with Gasteiger partial charge in [-0.2, -0.15) is 0 Å². The number of alkyl carbamates (subject to hydrolysis) is 1. The lowest BCUT2D eigenvalue weighted by atomic mass is 9.98. The van der Waals surface area contributed by atoms with Gasteiger partial charge >= 0.3 is 12.1 Å². The van der Waals surface area contributed by atoms with Gasteiger partial charge in [0.05, 0.1) is 5.92 Å². The minimum atomic E-state index is -0.956. The molecule has 0 aliphatic heterocycles. The minimum absolute atomic E-state index is 0.0178. The molecule has 3 rings (SSSR count). The van der Waals surface area contributed by atoms with E-state index in [2.05, 4.69) is 22.8 Å². The van der Waals surface area contributed by atoms with Gasteiger partial charge in [-0.1, -0.05) is 75.7 Å². The highest BCUT2D eigenvalue weighted by Crippen LogP contribution is 2.44. The monoisotopic (exact) mass is 452 g/mol. The standard InChI is InChI=1S/C26H32N2O5/c1-4-16(3)23(24(29)27-14-17(5-2)25(30)31)28-26(32)33-15-22-20-12-8-6-10-18(20)19-11-7-9-13-21(19)22/h6-13,16-17,22-23H,4-5,14-15H2,1-3H3,(H,27,29)(H,28,32)(H,30,31). The molecular formula is C26H32N2O5. The molecule has 7 nitrogen and oxygen atoms in total. The molecule has 0 aromatic heterocycles. The van der Waals surface area contributed by atoms with Crippen LogP contribution in [0.5, 0.6) is 0 Å². The van der Waals surface area contributed by atoms with Crippen LogP contribution in [0.25, 0.3) is 11.1 Å². The molecular weight excluding hydrogens is 420 g/mol. The highest BCUT2D eigenvalue weighted by molar-refractivity contribution is 5.86. The lowest BCUT2D eigenvalue weighted by Crippen LogP contribution is -2.51. The van der Waals surface area contributed by atoms with E-state index in [1.54, 1.807) is 6.92 Å². The van der Waals surface area contributed by atoms with Crippen molar-refractivity contribution in [3.63, 3.8) is 0 Å². The van der Waals surface area contributed by atoms with E-state index in [4.69, 9.17) is 4.74 Å². The summed E-state index contributed by atoms with van der Waals surface area (Å²) in [5.41, 5.74) is 4.51. The van der Waals surface area contributed by atoms with Gasteiger partial charge in [-0.05, 0) is 34.6 Å². The van der Waals surface area contributed by atoms with Crippen LogP contribution in [-0.4, -0.2) is 42.3 Å². The van der Waals surface area contributed by atoms with Crippen molar-refractivity contribution in [2.75, 3.05) is 13.2 Å². The Labute approximate surface area is 194 Å². The molecule has 2 aromatic rings. The summed E-state index contributed by atoms with van der Waals surface area (Å²) in [4.78, 5) is 36.6. The fraction of sp³-hybridized carbons (Fsp3) is 0.423. The van der Waals surface area contributed by atoms with E-state index in [1.807, 2.05) is 50.2 Å². The first-order chi connectivity index (χ1) is 15.9. The Morgan fingerprint density at radius 3 is 2.06 bits per heavy atom. The number of ether oxygens (including phenoxy) is 1. The van der Waals surface area contributed by atoms with Crippen molar-refractivity contribution in [1.29, 1.82) is 0 Å². The molecule has 1 aliphatic carbocycles. The lowest BCUT2D eigenvalue weighted by Gasteiger charge is -2.24. The van der Waals surface area contributed by atoms with Gasteiger partial charge in [0, 0.05) is 12.5 Å². The summed E-state index contributed by atoms with van der Waals surface area (Å²) in [6.45, 7) is 5.72. The molecule has 0 saturated heterocycles. The van der Waals surface area contributed by atoms with Crippen molar-refractivity contribution >= 4 is 18.0 Å². The third kappa shape index (κ3) is 5.53. The highest BCUT2D eigenvalue weighted by atomic mass is 16.5. The first-order valence-corrected chi connectivity index (χ1v) is 11.5. The quantitative estimate of drug-likeness (QED) is 0.502. The third-order valence-electron chi connectivity index (χ3n) is 6.48. The molecule has 176 valence electrons. The second-order valence-corrected chi connectivity index (χ2v) is 8.52. The SMILES string of the molecule is CCC(CNC(=O)C(NC(=O)OCC1c2ccccc2-c2ccccc21)C(C)CC)C(=O)O. The number of rotatable bonds is 10. The van der Waals surface area contributed by atoms with Gasteiger partial charge in [0.25, 0.3) is 0 Å². The summed E-state index contributed by atoms with van der Waals surface area (Å²) < 4.78 is 5.58. The Bertz CT molecular complexity index is 960. The van der Waals surface area contributed by atoms with Crippen LogP contribution in [0.1, 0.15) is 50.7 Å². The van der Waals surface area contributed by atoms with Crippen molar-refractivity contribution in [3.05, 3.63) is 59.7 Å². The van der Waals surface area contributed by atoms with Gasteiger partial charge in [-0.15, -0.1) is 0 Å². The van der Waals surface area contributed by atoms with Crippen molar-refractivity contribution in [3.8, 4) is 11.1 Å². The van der Waals surface area contributed by atoms with Crippen LogP contribution in [0.2, 0.25) is 0 Å². The van der Waals surface area contributed by atoms with E-state index < -0.39 is 29.9 Å². The van der Waals surface area contributed by atoms with Crippen LogP contribution in [0.15, 0.2) is 48.5 Å². The topological polar surface area (TPSA) is 105 Å². The van der Waals surface area contributed by atoms with Crippen LogP contribution in [0, 0.1) is 11.8 Å². The molecule has 0 fully saturated rings. The molecule has 2 amide bonds. The summed E-state index contributed by atoms with van der Waals surface area (Å²) in [6, 6.07) is 15.4. The maximum Gasteiger partial charge on any atom is 0.407 e. The molecule has 1 aliphatic rings. The Morgan fingerprint density at radius 2 is 1.55 bits per heavy atom. The van der Waals surface area contributed by atoms with Gasteiger partial charge < -0.3 is 20.5 Å². The number of carbonyl (C=O) groups is 3. The zero-order chi connectivity index (χ0) is 24.0. The van der Waals surface area contributed by atoms with E-state index in [0.717, 1.165) is 22.3 Å². The molecule has 0 saturated carbocycles. The number of hydrogen-bond donors (Lipinski definition) is 3. The highest BCUT2D eigenvalue weighted by Gasteiger charge is 2.31. The van der Waals surface area contributed by atoms with Crippen LogP contribution < -0.4 is 10.6 Å². The molecule has 3 N–H and O–H groups in total. The number of carbonyl (C=O) groups excluding carboxylic acids is 2. The largest absolute Gasteiger partial charge is 0.481 e. The van der Waals surface area contributed by atoms with Gasteiger partial charge in [-0.25, -0.2) is 4.79 Å². The van der Waals surface area contributed by atoms with E-state index in [-0.39, 0.29) is 25.0 Å². The van der Waals surface area contributed by atoms with Gasteiger partial charge in [-0.3, -0.25) is 9.59 Å². The Balaban J connectivity index is 1.64. The number of hydrogen-bond acceptors (Lipinski definition) is 4. The number of carboxylic acids is 1. The lowest BCUT2D eigenvalue weighted by molar-refractivity contribution is -0.141. The van der Waals surface area contributed by atoms with Crippen LogP contribution in [-0.2, 0) is 14.3 Å². The average Bonchev–Trinajstić information content (AvgIpc) is 3.14. The molecule has 2 aromatic carbocycles. The van der Waals surface area contributed by atoms with Gasteiger partial charge in [0.15, 0.2) is 0 Å². The maximum atomic E-state index is 12.7. The first kappa shape index (κ1) is 24.3. The number of carboxylic acid groups (broad SMARTS) is 1. The number of fused-ring (bicyclic) bond motifs is 3. The smallest absolute Gasteiger partial charge is 0.407 e. The molecule has 0 spiro atoms. The van der Waals surface area contributed by atoms with E-state index >= 15 is 0 Å². The van der Waals surface area contributed by atoms with Crippen molar-refractivity contribution in [2.24, 2.45) is 11.8 Å². The first-order valence-electron chi connectivity index (χ1n) is 11.5. The van der Waals surface area contributed by atoms with Crippen LogP contribution >= 0.6 is 0 Å². The van der Waals surface area contributed by atoms with E-state index in [0.29, 0.717) is 12.8 Å². The second kappa shape index (κ2) is 11.0. The molecule has 3 atom stereocenters. The summed E-state index contributed by atoms with van der Waals surface area (Å²) in [6.07, 6.45) is 0.406. The number of aliphatic carboxylic acids is 1. The normalized spacial score (nSPS) is 15.0. The van der Waals surface area contributed by atoms with Crippen molar-refractivity contribution in [2.45, 2.75) is 45.6 Å². The Hall–Kier alpha value is -3.35. The molecule has 7 heteroatoms. The van der Waals surface area contributed by atoms with Crippen LogP contribution in [0.3, 0.4) is 0 Å². The molecule has 0 bridgehead atoms. The number of nitrogens with one attached hydrogen (secondary N) is 2. The average molecular weight is 453 g/mol. The fourth-order valence-corrected chi connectivity index (χ4v) is 4.21. The molecule has 3 unspecified atom stereocenters. The van der Waals surface area contributed by atoms with Crippen molar-refractivity contribution < 1.29 is 24.2 Å². The number of benzene rings is 2. The summed E-state index contributed by atoms with van der Waals surface area (Å²) in [5, 5.41) is 14.6. The predicted molar refractivity (Wildman–Crippen MR) is 126 cm³/mol. The third-order valence-corrected chi connectivity index (χ3v) is 6.48. The number of amides is 2. The summed E-state index contributed by atoms with van der Waals surface area (Å²) in [7, 11) is 0. The van der Waals surface area contributed by atoms with Crippen LogP contribution in [0.4, 0.5) is 4.79 Å². The van der Waals surface area contributed by atoms with E-state index in [1.165, 1.54) is 0 Å². The Morgan fingerprint density at radius 1 is 0.970 bits per heavy atom. The van der Waals surface area contributed by atoms with Gasteiger partial charge in [0.1, 0.15) is 12.6 Å².